The second kappa shape index (κ2) is 6.17. The van der Waals surface area contributed by atoms with E-state index >= 15 is 0 Å². The third-order valence-corrected chi connectivity index (χ3v) is 3.51. The van der Waals surface area contributed by atoms with Crippen molar-refractivity contribution < 1.29 is 18.0 Å². The molecule has 1 amide bonds. The van der Waals surface area contributed by atoms with Crippen LogP contribution in [0.5, 0.6) is 0 Å². The number of rotatable bonds is 4. The number of alkyl halides is 3. The Labute approximate surface area is 145 Å². The van der Waals surface area contributed by atoms with Crippen molar-refractivity contribution in [2.45, 2.75) is 6.18 Å². The number of halogens is 3. The molecule has 136 valence electrons. The molecule has 0 saturated carbocycles. The van der Waals surface area contributed by atoms with Crippen LogP contribution in [0.2, 0.25) is 0 Å². The van der Waals surface area contributed by atoms with E-state index in [9.17, 15) is 18.0 Å². The fourth-order valence-electron chi connectivity index (χ4n) is 2.27. The number of hydrogen-bond donors (Lipinski definition) is 3. The summed E-state index contributed by atoms with van der Waals surface area (Å²) in [5.74, 6) is -0.859. The number of benzene rings is 1. The van der Waals surface area contributed by atoms with E-state index in [0.717, 1.165) is 6.07 Å². The number of hydrogen-bond acceptors (Lipinski definition) is 6. The first-order valence-corrected chi connectivity index (χ1v) is 7.33. The molecule has 8 nitrogen and oxygen atoms in total. The summed E-state index contributed by atoms with van der Waals surface area (Å²) in [6.07, 6.45) is -4.61. The summed E-state index contributed by atoms with van der Waals surface area (Å²) in [7, 11) is 3.14. The summed E-state index contributed by atoms with van der Waals surface area (Å²) < 4.78 is 39.2. The van der Waals surface area contributed by atoms with Gasteiger partial charge in [-0.1, -0.05) is 0 Å². The first-order chi connectivity index (χ1) is 12.1. The van der Waals surface area contributed by atoms with Gasteiger partial charge in [-0.2, -0.15) is 23.3 Å². The summed E-state index contributed by atoms with van der Waals surface area (Å²) in [6, 6.07) is 5.58. The highest BCUT2D eigenvalue weighted by Gasteiger charge is 2.34. The molecule has 0 unspecified atom stereocenters. The molecule has 0 aliphatic carbocycles. The molecule has 0 bridgehead atoms. The monoisotopic (exact) mass is 365 g/mol. The molecular weight excluding hydrogens is 351 g/mol. The molecule has 0 saturated heterocycles. The number of nitrogens with one attached hydrogen (secondary N) is 2. The van der Waals surface area contributed by atoms with Gasteiger partial charge in [0.25, 0.3) is 5.91 Å². The number of fused-ring (bicyclic) bond motifs is 1. The summed E-state index contributed by atoms with van der Waals surface area (Å²) in [5.41, 5.74) is 5.15. The largest absolute Gasteiger partial charge is 0.433 e. The van der Waals surface area contributed by atoms with Crippen LogP contribution in [-0.4, -0.2) is 40.2 Å². The van der Waals surface area contributed by atoms with Crippen molar-refractivity contribution >= 4 is 34.3 Å². The van der Waals surface area contributed by atoms with Gasteiger partial charge in [-0.15, -0.1) is 0 Å². The van der Waals surface area contributed by atoms with Crippen LogP contribution in [0.4, 0.5) is 30.6 Å². The summed E-state index contributed by atoms with van der Waals surface area (Å²) in [5, 5.41) is 9.61. The molecule has 4 N–H and O–H groups in total. The second-order valence-electron chi connectivity index (χ2n) is 5.65. The average molecular weight is 365 g/mol. The number of H-pyrrole nitrogens is 1. The SMILES string of the molecule is CN(C)c1cc(C(F)(F)F)nc(Nc2ccc3[nH]nc(C(N)=O)c3c2)n1. The number of primary amides is 1. The maximum atomic E-state index is 13.1. The lowest BCUT2D eigenvalue weighted by Gasteiger charge is -2.16. The smallest absolute Gasteiger partial charge is 0.364 e. The Balaban J connectivity index is 2.02. The van der Waals surface area contributed by atoms with Gasteiger partial charge in [0.1, 0.15) is 5.82 Å². The van der Waals surface area contributed by atoms with E-state index in [1.54, 1.807) is 26.2 Å². The standard InChI is InChI=1S/C15H14F3N7O/c1-25(2)11-6-10(15(16,17)18)21-14(22-11)20-7-3-4-9-8(5-7)12(13(19)26)24-23-9/h3-6H,1-2H3,(H2,19,26)(H,23,24)(H,20,21,22). The molecule has 2 aromatic heterocycles. The van der Waals surface area contributed by atoms with E-state index in [-0.39, 0.29) is 17.5 Å². The molecular formula is C15H14F3N7O. The predicted molar refractivity (Wildman–Crippen MR) is 89.3 cm³/mol. The molecule has 0 fully saturated rings. The normalized spacial score (nSPS) is 11.6. The zero-order valence-electron chi connectivity index (χ0n) is 13.7. The number of carbonyl (C=O) groups excluding carboxylic acids is 1. The number of nitrogens with two attached hydrogens (primary N) is 1. The summed E-state index contributed by atoms with van der Waals surface area (Å²) in [6.45, 7) is 0. The van der Waals surface area contributed by atoms with Crippen molar-refractivity contribution in [3.05, 3.63) is 35.7 Å². The van der Waals surface area contributed by atoms with Crippen LogP contribution < -0.4 is 16.0 Å². The van der Waals surface area contributed by atoms with Gasteiger partial charge in [-0.05, 0) is 18.2 Å². The summed E-state index contributed by atoms with van der Waals surface area (Å²) in [4.78, 5) is 20.4. The zero-order valence-corrected chi connectivity index (χ0v) is 13.7. The van der Waals surface area contributed by atoms with Crippen molar-refractivity contribution in [2.24, 2.45) is 5.73 Å². The minimum Gasteiger partial charge on any atom is -0.364 e. The Bertz CT molecular complexity index is 981. The van der Waals surface area contributed by atoms with Gasteiger partial charge in [0, 0.05) is 31.2 Å². The molecule has 11 heteroatoms. The van der Waals surface area contributed by atoms with Crippen LogP contribution in [0.1, 0.15) is 16.2 Å². The van der Waals surface area contributed by atoms with Crippen LogP contribution >= 0.6 is 0 Å². The summed E-state index contributed by atoms with van der Waals surface area (Å²) >= 11 is 0. The van der Waals surface area contributed by atoms with E-state index in [0.29, 0.717) is 16.6 Å². The molecule has 3 aromatic rings. The van der Waals surface area contributed by atoms with Gasteiger partial charge in [0.2, 0.25) is 5.95 Å². The number of aromatic amines is 1. The van der Waals surface area contributed by atoms with Crippen molar-refractivity contribution in [3.8, 4) is 0 Å². The Kier molecular flexibility index (Phi) is 4.14. The van der Waals surface area contributed by atoms with E-state index in [1.807, 2.05) is 0 Å². The minimum atomic E-state index is -4.61. The molecule has 1 aromatic carbocycles. The third-order valence-electron chi connectivity index (χ3n) is 3.51. The highest BCUT2D eigenvalue weighted by Crippen LogP contribution is 2.31. The van der Waals surface area contributed by atoms with E-state index in [1.165, 1.54) is 11.0 Å². The van der Waals surface area contributed by atoms with E-state index in [2.05, 4.69) is 25.5 Å². The molecule has 0 spiro atoms. The van der Waals surface area contributed by atoms with Gasteiger partial charge in [0.05, 0.1) is 5.52 Å². The third kappa shape index (κ3) is 3.36. The maximum absolute atomic E-state index is 13.1. The highest BCUT2D eigenvalue weighted by molar-refractivity contribution is 6.04. The molecule has 0 aliphatic rings. The number of nitrogens with zero attached hydrogens (tertiary/aromatic N) is 4. The van der Waals surface area contributed by atoms with Crippen LogP contribution in [-0.2, 0) is 6.18 Å². The molecule has 3 rings (SSSR count). The quantitative estimate of drug-likeness (QED) is 0.654. The van der Waals surface area contributed by atoms with E-state index in [4.69, 9.17) is 5.73 Å². The van der Waals surface area contributed by atoms with Crippen LogP contribution in [0.3, 0.4) is 0 Å². The lowest BCUT2D eigenvalue weighted by Crippen LogP contribution is -2.16. The fraction of sp³-hybridized carbons (Fsp3) is 0.200. The minimum absolute atomic E-state index is 0.0302. The highest BCUT2D eigenvalue weighted by atomic mass is 19.4. The Morgan fingerprint density at radius 1 is 1.23 bits per heavy atom. The van der Waals surface area contributed by atoms with Gasteiger partial charge >= 0.3 is 6.18 Å². The molecule has 0 aliphatic heterocycles. The number of aromatic nitrogens is 4. The van der Waals surface area contributed by atoms with Crippen LogP contribution in [0, 0.1) is 0 Å². The van der Waals surface area contributed by atoms with Gasteiger partial charge in [0.15, 0.2) is 11.4 Å². The molecule has 0 radical (unpaired) electrons. The van der Waals surface area contributed by atoms with Crippen molar-refractivity contribution in [2.75, 3.05) is 24.3 Å². The first kappa shape index (κ1) is 17.5. The average Bonchev–Trinajstić information content (AvgIpc) is 2.97. The zero-order chi connectivity index (χ0) is 19.1. The fourth-order valence-corrected chi connectivity index (χ4v) is 2.27. The Morgan fingerprint density at radius 3 is 2.58 bits per heavy atom. The van der Waals surface area contributed by atoms with Crippen molar-refractivity contribution in [1.82, 2.24) is 20.2 Å². The first-order valence-electron chi connectivity index (χ1n) is 7.33. The Morgan fingerprint density at radius 2 is 1.96 bits per heavy atom. The lowest BCUT2D eigenvalue weighted by molar-refractivity contribution is -0.141. The molecule has 26 heavy (non-hydrogen) atoms. The van der Waals surface area contributed by atoms with Crippen molar-refractivity contribution in [1.29, 1.82) is 0 Å². The predicted octanol–water partition coefficient (Wildman–Crippen LogP) is 2.28. The molecule has 0 atom stereocenters. The van der Waals surface area contributed by atoms with Gasteiger partial charge in [-0.3, -0.25) is 9.89 Å². The Hall–Kier alpha value is -3.37. The van der Waals surface area contributed by atoms with E-state index < -0.39 is 17.8 Å². The van der Waals surface area contributed by atoms with Gasteiger partial charge in [-0.25, -0.2) is 4.98 Å². The van der Waals surface area contributed by atoms with Gasteiger partial charge < -0.3 is 16.0 Å². The number of amides is 1. The van der Waals surface area contributed by atoms with Crippen LogP contribution in [0.25, 0.3) is 10.9 Å². The van der Waals surface area contributed by atoms with Crippen LogP contribution in [0.15, 0.2) is 24.3 Å². The maximum Gasteiger partial charge on any atom is 0.433 e. The lowest BCUT2D eigenvalue weighted by atomic mass is 10.2. The number of carbonyl (C=O) groups is 1. The number of anilines is 3. The topological polar surface area (TPSA) is 113 Å². The van der Waals surface area contributed by atoms with Crippen molar-refractivity contribution in [3.63, 3.8) is 0 Å². The second-order valence-corrected chi connectivity index (χ2v) is 5.65. The molecule has 2 heterocycles.